The van der Waals surface area contributed by atoms with Crippen molar-refractivity contribution in [2.45, 2.75) is 18.4 Å². The van der Waals surface area contributed by atoms with Crippen LogP contribution in [0.25, 0.3) is 0 Å². The second-order valence-corrected chi connectivity index (χ2v) is 5.31. The first-order valence-electron chi connectivity index (χ1n) is 6.65. The Morgan fingerprint density at radius 3 is 2.53 bits per heavy atom. The fourth-order valence-corrected chi connectivity index (χ4v) is 3.08. The lowest BCUT2D eigenvalue weighted by Crippen LogP contribution is -2.60. The molecule has 0 saturated carbocycles. The lowest BCUT2D eigenvalue weighted by molar-refractivity contribution is -0.0870. The molecule has 0 aliphatic carbocycles. The molecule has 4 rings (SSSR count). The quantitative estimate of drug-likeness (QED) is 0.757. The smallest absolute Gasteiger partial charge is 0.339 e. The molecule has 1 aromatic rings. The summed E-state index contributed by atoms with van der Waals surface area (Å²) < 4.78 is 5.61. The van der Waals surface area contributed by atoms with Crippen molar-refractivity contribution in [3.05, 3.63) is 35.9 Å². The topological polar surface area (TPSA) is 53.3 Å². The second-order valence-electron chi connectivity index (χ2n) is 5.31. The minimum atomic E-state index is -0.955. The molecule has 3 saturated heterocycles. The monoisotopic (exact) mass is 256 g/mol. The SMILES string of the molecule is N#C[C@@]1(OC(=O)c2ccccc2)CN2CCC1CC2. The Balaban J connectivity index is 1.81. The van der Waals surface area contributed by atoms with Gasteiger partial charge in [-0.1, -0.05) is 18.2 Å². The minimum Gasteiger partial charge on any atom is -0.438 e. The van der Waals surface area contributed by atoms with Crippen molar-refractivity contribution >= 4 is 5.97 Å². The number of nitrogens with zero attached hydrogens (tertiary/aromatic N) is 2. The minimum absolute atomic E-state index is 0.176. The first kappa shape index (κ1) is 12.2. The van der Waals surface area contributed by atoms with Gasteiger partial charge in [-0.3, -0.25) is 4.90 Å². The zero-order valence-electron chi connectivity index (χ0n) is 10.7. The first-order valence-corrected chi connectivity index (χ1v) is 6.65. The molecule has 1 atom stereocenters. The Hall–Kier alpha value is -1.86. The van der Waals surface area contributed by atoms with Crippen molar-refractivity contribution in [1.82, 2.24) is 4.90 Å². The van der Waals surface area contributed by atoms with Gasteiger partial charge in [-0.05, 0) is 38.1 Å². The number of rotatable bonds is 2. The van der Waals surface area contributed by atoms with Crippen molar-refractivity contribution in [2.75, 3.05) is 19.6 Å². The number of ether oxygens (including phenoxy) is 1. The normalized spacial score (nSPS) is 32.6. The number of piperidine rings is 3. The highest BCUT2D eigenvalue weighted by Crippen LogP contribution is 2.38. The van der Waals surface area contributed by atoms with Gasteiger partial charge in [-0.15, -0.1) is 0 Å². The number of hydrogen-bond donors (Lipinski definition) is 0. The standard InChI is InChI=1S/C15H16N2O2/c16-10-15(11-17-8-6-13(15)7-9-17)19-14(18)12-4-2-1-3-5-12/h1-5,13H,6-9,11H2/t15-/m1/s1. The highest BCUT2D eigenvalue weighted by Gasteiger charge is 2.50. The van der Waals surface area contributed by atoms with Gasteiger partial charge in [-0.25, -0.2) is 4.79 Å². The van der Waals surface area contributed by atoms with E-state index < -0.39 is 11.6 Å². The molecule has 0 unspecified atom stereocenters. The summed E-state index contributed by atoms with van der Waals surface area (Å²) in [6.45, 7) is 2.57. The summed E-state index contributed by atoms with van der Waals surface area (Å²) in [4.78, 5) is 14.4. The van der Waals surface area contributed by atoms with Gasteiger partial charge in [0.1, 0.15) is 6.07 Å². The molecule has 0 N–H and O–H groups in total. The van der Waals surface area contributed by atoms with Gasteiger partial charge in [-0.2, -0.15) is 5.26 Å². The Kier molecular flexibility index (Phi) is 3.00. The van der Waals surface area contributed by atoms with E-state index in [1.165, 1.54) is 0 Å². The second kappa shape index (κ2) is 4.67. The molecule has 3 aliphatic rings. The average Bonchev–Trinajstić information content (AvgIpc) is 2.49. The zero-order chi connectivity index (χ0) is 13.3. The summed E-state index contributed by atoms with van der Waals surface area (Å²) in [7, 11) is 0. The summed E-state index contributed by atoms with van der Waals surface area (Å²) in [5.41, 5.74) is -0.447. The third-order valence-electron chi connectivity index (χ3n) is 4.18. The summed E-state index contributed by atoms with van der Waals surface area (Å²) >= 11 is 0. The number of fused-ring (bicyclic) bond motifs is 3. The molecule has 0 amide bonds. The third kappa shape index (κ3) is 2.11. The molecule has 3 heterocycles. The number of hydrogen-bond acceptors (Lipinski definition) is 4. The van der Waals surface area contributed by atoms with Gasteiger partial charge >= 0.3 is 5.97 Å². The van der Waals surface area contributed by atoms with E-state index in [1.807, 2.05) is 6.07 Å². The lowest BCUT2D eigenvalue weighted by Gasteiger charge is -2.48. The Labute approximate surface area is 112 Å². The highest BCUT2D eigenvalue weighted by atomic mass is 16.6. The third-order valence-corrected chi connectivity index (χ3v) is 4.18. The summed E-state index contributed by atoms with van der Waals surface area (Å²) in [6, 6.07) is 11.1. The molecule has 19 heavy (non-hydrogen) atoms. The first-order chi connectivity index (χ1) is 9.23. The zero-order valence-corrected chi connectivity index (χ0v) is 10.7. The predicted molar refractivity (Wildman–Crippen MR) is 69.4 cm³/mol. The summed E-state index contributed by atoms with van der Waals surface area (Å²) in [6.07, 6.45) is 1.88. The van der Waals surface area contributed by atoms with Crippen LogP contribution in [-0.2, 0) is 4.74 Å². The molecular weight excluding hydrogens is 240 g/mol. The van der Waals surface area contributed by atoms with E-state index in [0.717, 1.165) is 25.9 Å². The van der Waals surface area contributed by atoms with Crippen LogP contribution < -0.4 is 0 Å². The van der Waals surface area contributed by atoms with Crippen molar-refractivity contribution in [2.24, 2.45) is 5.92 Å². The van der Waals surface area contributed by atoms with Gasteiger partial charge in [0.25, 0.3) is 0 Å². The summed E-state index contributed by atoms with van der Waals surface area (Å²) in [5, 5.41) is 9.51. The molecular formula is C15H16N2O2. The fourth-order valence-electron chi connectivity index (χ4n) is 3.08. The molecule has 3 fully saturated rings. The van der Waals surface area contributed by atoms with Crippen molar-refractivity contribution in [3.63, 3.8) is 0 Å². The van der Waals surface area contributed by atoms with Gasteiger partial charge in [0.2, 0.25) is 5.60 Å². The fraction of sp³-hybridized carbons (Fsp3) is 0.467. The van der Waals surface area contributed by atoms with E-state index in [1.54, 1.807) is 24.3 Å². The Morgan fingerprint density at radius 1 is 1.32 bits per heavy atom. The molecule has 4 heteroatoms. The molecule has 2 bridgehead atoms. The average molecular weight is 256 g/mol. The number of carbonyl (C=O) groups is 1. The van der Waals surface area contributed by atoms with Crippen LogP contribution in [0.4, 0.5) is 0 Å². The maximum Gasteiger partial charge on any atom is 0.339 e. The number of esters is 1. The van der Waals surface area contributed by atoms with Gasteiger partial charge in [0.05, 0.1) is 12.1 Å². The molecule has 1 aromatic carbocycles. The van der Waals surface area contributed by atoms with E-state index in [4.69, 9.17) is 4.74 Å². The molecule has 0 radical (unpaired) electrons. The van der Waals surface area contributed by atoms with E-state index in [-0.39, 0.29) is 5.92 Å². The van der Waals surface area contributed by atoms with Crippen LogP contribution in [0.3, 0.4) is 0 Å². The van der Waals surface area contributed by atoms with Crippen LogP contribution in [-0.4, -0.2) is 36.1 Å². The van der Waals surface area contributed by atoms with Crippen LogP contribution in [0.2, 0.25) is 0 Å². The van der Waals surface area contributed by atoms with Gasteiger partial charge in [0, 0.05) is 5.92 Å². The molecule has 4 nitrogen and oxygen atoms in total. The van der Waals surface area contributed by atoms with Crippen LogP contribution in [0.5, 0.6) is 0 Å². The molecule has 0 aromatic heterocycles. The largest absolute Gasteiger partial charge is 0.438 e. The van der Waals surface area contributed by atoms with Crippen LogP contribution >= 0.6 is 0 Å². The number of benzene rings is 1. The van der Waals surface area contributed by atoms with Crippen molar-refractivity contribution in [3.8, 4) is 6.07 Å². The molecule has 3 aliphatic heterocycles. The molecule has 98 valence electrons. The number of nitriles is 1. The van der Waals surface area contributed by atoms with Crippen molar-refractivity contribution < 1.29 is 9.53 Å². The maximum atomic E-state index is 12.2. The Bertz CT molecular complexity index is 515. The van der Waals surface area contributed by atoms with Crippen LogP contribution in [0.15, 0.2) is 30.3 Å². The van der Waals surface area contributed by atoms with Gasteiger partial charge in [0.15, 0.2) is 0 Å². The van der Waals surface area contributed by atoms with Crippen LogP contribution in [0.1, 0.15) is 23.2 Å². The van der Waals surface area contributed by atoms with E-state index in [0.29, 0.717) is 12.1 Å². The van der Waals surface area contributed by atoms with E-state index in [2.05, 4.69) is 11.0 Å². The Morgan fingerprint density at radius 2 is 2.00 bits per heavy atom. The number of carbonyl (C=O) groups excluding carboxylic acids is 1. The lowest BCUT2D eigenvalue weighted by atomic mass is 9.76. The van der Waals surface area contributed by atoms with Gasteiger partial charge < -0.3 is 4.74 Å². The maximum absolute atomic E-state index is 12.2. The van der Waals surface area contributed by atoms with E-state index in [9.17, 15) is 10.1 Å². The highest BCUT2D eigenvalue weighted by molar-refractivity contribution is 5.89. The predicted octanol–water partition coefficient (Wildman–Crippen LogP) is 1.83. The van der Waals surface area contributed by atoms with Crippen LogP contribution in [0, 0.1) is 17.2 Å². The molecule has 0 spiro atoms. The van der Waals surface area contributed by atoms with E-state index >= 15 is 0 Å². The van der Waals surface area contributed by atoms with Crippen molar-refractivity contribution in [1.29, 1.82) is 5.26 Å². The summed E-state index contributed by atoms with van der Waals surface area (Å²) in [5.74, 6) is -0.217.